The Morgan fingerprint density at radius 1 is 1.14 bits per heavy atom. The van der Waals surface area contributed by atoms with Crippen molar-refractivity contribution in [1.29, 1.82) is 0 Å². The van der Waals surface area contributed by atoms with Gasteiger partial charge in [-0.3, -0.25) is 0 Å². The molecule has 0 aliphatic carbocycles. The van der Waals surface area contributed by atoms with E-state index in [9.17, 15) is 4.79 Å². The number of hydrogen-bond donors (Lipinski definition) is 0. The maximum atomic E-state index is 10.3. The normalized spacial score (nSPS) is 10.0. The van der Waals surface area contributed by atoms with Crippen molar-refractivity contribution >= 4 is 17.6 Å². The van der Waals surface area contributed by atoms with E-state index in [1.54, 1.807) is 11.3 Å². The molecule has 2 aromatic rings. The van der Waals surface area contributed by atoms with Crippen molar-refractivity contribution in [3.05, 3.63) is 47.3 Å². The van der Waals surface area contributed by atoms with Gasteiger partial charge in [-0.25, -0.2) is 0 Å². The zero-order valence-electron chi connectivity index (χ0n) is 7.64. The summed E-state index contributed by atoms with van der Waals surface area (Å²) in [5.74, 6) is 0. The fourth-order valence-electron chi connectivity index (χ4n) is 1.34. The molecule has 0 saturated heterocycles. The summed E-state index contributed by atoms with van der Waals surface area (Å²) in [5.41, 5.74) is 2.29. The molecule has 70 valence electrons. The van der Waals surface area contributed by atoms with Crippen molar-refractivity contribution in [1.82, 2.24) is 0 Å². The first kappa shape index (κ1) is 9.16. The summed E-state index contributed by atoms with van der Waals surface area (Å²) >= 11 is 1.73. The quantitative estimate of drug-likeness (QED) is 0.699. The zero-order chi connectivity index (χ0) is 9.80. The molecule has 0 aliphatic heterocycles. The molecule has 1 aromatic heterocycles. The van der Waals surface area contributed by atoms with Gasteiger partial charge in [0.2, 0.25) is 0 Å². The smallest absolute Gasteiger partial charge is 0.124 e. The number of carbonyl (C=O) groups is 1. The summed E-state index contributed by atoms with van der Waals surface area (Å²) in [7, 11) is 0. The van der Waals surface area contributed by atoms with Crippen LogP contribution in [0.3, 0.4) is 0 Å². The van der Waals surface area contributed by atoms with E-state index >= 15 is 0 Å². The van der Waals surface area contributed by atoms with Crippen LogP contribution in [-0.4, -0.2) is 6.29 Å². The highest BCUT2D eigenvalue weighted by atomic mass is 32.1. The van der Waals surface area contributed by atoms with Crippen LogP contribution in [0.25, 0.3) is 10.4 Å². The standard InChI is InChI=1S/C12H10OS/c13-8-7-10-3-5-11(6-4-10)12-2-1-9-14-12/h1-6,8-9H,7H2. The second kappa shape index (κ2) is 4.20. The summed E-state index contributed by atoms with van der Waals surface area (Å²) in [6, 6.07) is 12.3. The fourth-order valence-corrected chi connectivity index (χ4v) is 2.08. The van der Waals surface area contributed by atoms with Gasteiger partial charge in [-0.05, 0) is 22.6 Å². The van der Waals surface area contributed by atoms with Crippen LogP contribution in [0.15, 0.2) is 41.8 Å². The highest BCUT2D eigenvalue weighted by Gasteiger charge is 1.97. The van der Waals surface area contributed by atoms with Gasteiger partial charge in [-0.15, -0.1) is 11.3 Å². The summed E-state index contributed by atoms with van der Waals surface area (Å²) in [4.78, 5) is 11.6. The van der Waals surface area contributed by atoms with E-state index in [0.29, 0.717) is 6.42 Å². The van der Waals surface area contributed by atoms with Gasteiger partial charge < -0.3 is 4.79 Å². The molecule has 2 heteroatoms. The van der Waals surface area contributed by atoms with Crippen LogP contribution in [0.4, 0.5) is 0 Å². The highest BCUT2D eigenvalue weighted by molar-refractivity contribution is 7.13. The van der Waals surface area contributed by atoms with Gasteiger partial charge in [0.15, 0.2) is 0 Å². The Bertz CT molecular complexity index is 400. The average molecular weight is 202 g/mol. The molecule has 2 rings (SSSR count). The van der Waals surface area contributed by atoms with E-state index < -0.39 is 0 Å². The van der Waals surface area contributed by atoms with E-state index in [-0.39, 0.29) is 0 Å². The molecule has 0 bridgehead atoms. The Labute approximate surface area is 87.0 Å². The molecule has 0 aliphatic rings. The molecule has 0 N–H and O–H groups in total. The van der Waals surface area contributed by atoms with Gasteiger partial charge in [0.05, 0.1) is 0 Å². The zero-order valence-corrected chi connectivity index (χ0v) is 8.46. The topological polar surface area (TPSA) is 17.1 Å². The van der Waals surface area contributed by atoms with Crippen molar-refractivity contribution < 1.29 is 4.79 Å². The maximum Gasteiger partial charge on any atom is 0.124 e. The predicted octanol–water partition coefficient (Wildman–Crippen LogP) is 3.16. The number of rotatable bonds is 3. The Kier molecular flexibility index (Phi) is 2.75. The first-order valence-electron chi connectivity index (χ1n) is 4.46. The SMILES string of the molecule is O=CCc1ccc(-c2cccs2)cc1. The summed E-state index contributed by atoms with van der Waals surface area (Å²) < 4.78 is 0. The second-order valence-electron chi connectivity index (χ2n) is 3.05. The third-order valence-corrected chi connectivity index (χ3v) is 3.00. The van der Waals surface area contributed by atoms with Crippen LogP contribution in [0.1, 0.15) is 5.56 Å². The molecule has 14 heavy (non-hydrogen) atoms. The molecule has 0 saturated carbocycles. The third-order valence-electron chi connectivity index (χ3n) is 2.08. The molecule has 0 spiro atoms. The lowest BCUT2D eigenvalue weighted by molar-refractivity contribution is -0.107. The fraction of sp³-hybridized carbons (Fsp3) is 0.0833. The Balaban J connectivity index is 2.26. The largest absolute Gasteiger partial charge is 0.303 e. The van der Waals surface area contributed by atoms with Gasteiger partial charge in [-0.2, -0.15) is 0 Å². The Morgan fingerprint density at radius 2 is 1.93 bits per heavy atom. The molecule has 0 atom stereocenters. The summed E-state index contributed by atoms with van der Waals surface area (Å²) in [5, 5.41) is 2.06. The van der Waals surface area contributed by atoms with Gasteiger partial charge >= 0.3 is 0 Å². The van der Waals surface area contributed by atoms with Crippen LogP contribution in [-0.2, 0) is 11.2 Å². The third kappa shape index (κ3) is 1.91. The molecule has 1 aromatic carbocycles. The van der Waals surface area contributed by atoms with Crippen LogP contribution >= 0.6 is 11.3 Å². The lowest BCUT2D eigenvalue weighted by atomic mass is 10.1. The minimum Gasteiger partial charge on any atom is -0.303 e. The van der Waals surface area contributed by atoms with Gasteiger partial charge in [0.1, 0.15) is 6.29 Å². The van der Waals surface area contributed by atoms with E-state index in [1.807, 2.05) is 18.2 Å². The van der Waals surface area contributed by atoms with E-state index in [1.165, 1.54) is 10.4 Å². The number of benzene rings is 1. The summed E-state index contributed by atoms with van der Waals surface area (Å²) in [6.07, 6.45) is 1.44. The molecule has 1 nitrogen and oxygen atoms in total. The minimum atomic E-state index is 0.505. The van der Waals surface area contributed by atoms with E-state index in [2.05, 4.69) is 23.6 Å². The van der Waals surface area contributed by atoms with Crippen LogP contribution in [0.5, 0.6) is 0 Å². The molecule has 0 unspecified atom stereocenters. The van der Waals surface area contributed by atoms with Gasteiger partial charge in [0, 0.05) is 11.3 Å². The molecule has 0 amide bonds. The molecular formula is C12H10OS. The molecular weight excluding hydrogens is 192 g/mol. The number of thiophene rings is 1. The van der Waals surface area contributed by atoms with E-state index in [0.717, 1.165) is 11.8 Å². The monoisotopic (exact) mass is 202 g/mol. The lowest BCUT2D eigenvalue weighted by Gasteiger charge is -1.98. The molecule has 0 radical (unpaired) electrons. The maximum absolute atomic E-state index is 10.3. The molecule has 1 heterocycles. The van der Waals surface area contributed by atoms with Crippen LogP contribution in [0, 0.1) is 0 Å². The number of carbonyl (C=O) groups excluding carboxylic acids is 1. The van der Waals surface area contributed by atoms with Crippen molar-refractivity contribution in [2.45, 2.75) is 6.42 Å². The first-order chi connectivity index (χ1) is 6.90. The lowest BCUT2D eigenvalue weighted by Crippen LogP contribution is -1.84. The average Bonchev–Trinajstić information content (AvgIpc) is 2.72. The second-order valence-corrected chi connectivity index (χ2v) is 3.99. The van der Waals surface area contributed by atoms with Crippen LogP contribution in [0.2, 0.25) is 0 Å². The van der Waals surface area contributed by atoms with Crippen LogP contribution < -0.4 is 0 Å². The minimum absolute atomic E-state index is 0.505. The molecule has 0 fully saturated rings. The van der Waals surface area contributed by atoms with Crippen molar-refractivity contribution in [2.75, 3.05) is 0 Å². The van der Waals surface area contributed by atoms with Gasteiger partial charge in [-0.1, -0.05) is 30.3 Å². The predicted molar refractivity (Wildman–Crippen MR) is 59.5 cm³/mol. The summed E-state index contributed by atoms with van der Waals surface area (Å²) in [6.45, 7) is 0. The van der Waals surface area contributed by atoms with E-state index in [4.69, 9.17) is 0 Å². The number of aldehydes is 1. The Morgan fingerprint density at radius 3 is 2.50 bits per heavy atom. The van der Waals surface area contributed by atoms with Crippen molar-refractivity contribution in [3.63, 3.8) is 0 Å². The highest BCUT2D eigenvalue weighted by Crippen LogP contribution is 2.24. The number of hydrogen-bond acceptors (Lipinski definition) is 2. The van der Waals surface area contributed by atoms with Gasteiger partial charge in [0.25, 0.3) is 0 Å². The first-order valence-corrected chi connectivity index (χ1v) is 5.34. The van der Waals surface area contributed by atoms with Crippen molar-refractivity contribution in [3.8, 4) is 10.4 Å². The van der Waals surface area contributed by atoms with Crippen molar-refractivity contribution in [2.24, 2.45) is 0 Å². The Hall–Kier alpha value is -1.41.